The number of aliphatic hydroxyl groups is 2. The number of hydrogen-bond donors (Lipinski definition) is 3. The van der Waals surface area contributed by atoms with Crippen LogP contribution in [0.4, 0.5) is 0 Å². The molecule has 0 aromatic heterocycles. The lowest BCUT2D eigenvalue weighted by atomic mass is 10.0. The predicted molar refractivity (Wildman–Crippen MR) is 319 cm³/mol. The Morgan fingerprint density at radius 2 is 0.685 bits per heavy atom. The molecular weight excluding hydrogens is 899 g/mol. The number of ether oxygens (including phenoxy) is 1. The number of allylic oxidation sites excluding steroid dienone is 7. The van der Waals surface area contributed by atoms with Gasteiger partial charge in [0.15, 0.2) is 0 Å². The molecule has 0 spiro atoms. The average Bonchev–Trinajstić information content (AvgIpc) is 3.39. The van der Waals surface area contributed by atoms with E-state index >= 15 is 0 Å². The van der Waals surface area contributed by atoms with Gasteiger partial charge in [0.1, 0.15) is 0 Å². The molecule has 0 heterocycles. The summed E-state index contributed by atoms with van der Waals surface area (Å²) >= 11 is 0. The van der Waals surface area contributed by atoms with Gasteiger partial charge in [0.2, 0.25) is 5.91 Å². The lowest BCUT2D eigenvalue weighted by Gasteiger charge is -2.20. The number of carbonyl (C=O) groups excluding carboxylic acids is 2. The summed E-state index contributed by atoms with van der Waals surface area (Å²) in [6, 6.07) is -0.630. The Bertz CT molecular complexity index is 1230. The quantitative estimate of drug-likeness (QED) is 0.0320. The van der Waals surface area contributed by atoms with Crippen LogP contribution < -0.4 is 5.32 Å². The van der Waals surface area contributed by atoms with Crippen molar-refractivity contribution in [1.29, 1.82) is 0 Å². The molecule has 0 bridgehead atoms. The molecule has 0 aliphatic heterocycles. The maximum absolute atomic E-state index is 12.4. The molecule has 2 atom stereocenters. The molecule has 428 valence electrons. The van der Waals surface area contributed by atoms with Crippen LogP contribution in [0.15, 0.2) is 48.6 Å². The Morgan fingerprint density at radius 1 is 0.384 bits per heavy atom. The van der Waals surface area contributed by atoms with E-state index < -0.39 is 12.1 Å². The van der Waals surface area contributed by atoms with Crippen molar-refractivity contribution in [3.05, 3.63) is 48.6 Å². The van der Waals surface area contributed by atoms with Gasteiger partial charge in [-0.25, -0.2) is 0 Å². The van der Waals surface area contributed by atoms with Gasteiger partial charge in [0, 0.05) is 12.8 Å². The minimum absolute atomic E-state index is 0.00712. The minimum atomic E-state index is -0.846. The molecule has 6 nitrogen and oxygen atoms in total. The number of unbranched alkanes of at least 4 members (excludes halogenated alkanes) is 43. The van der Waals surface area contributed by atoms with Crippen LogP contribution in [0.1, 0.15) is 341 Å². The van der Waals surface area contributed by atoms with E-state index in [0.29, 0.717) is 19.4 Å². The molecule has 0 aromatic rings. The third kappa shape index (κ3) is 58.9. The molecule has 73 heavy (non-hydrogen) atoms. The van der Waals surface area contributed by atoms with Crippen LogP contribution in [0.5, 0.6) is 0 Å². The minimum Gasteiger partial charge on any atom is -0.466 e. The van der Waals surface area contributed by atoms with Crippen LogP contribution in [-0.2, 0) is 14.3 Å². The zero-order chi connectivity index (χ0) is 52.9. The van der Waals surface area contributed by atoms with Crippen molar-refractivity contribution in [2.45, 2.75) is 353 Å². The number of amides is 1. The predicted octanol–water partition coefficient (Wildman–Crippen LogP) is 20.5. The molecule has 0 saturated heterocycles. The Labute approximate surface area is 455 Å². The van der Waals surface area contributed by atoms with E-state index in [1.54, 1.807) is 6.08 Å². The highest BCUT2D eigenvalue weighted by Gasteiger charge is 2.18. The Balaban J connectivity index is 3.41. The number of rotatable bonds is 60. The molecule has 0 radical (unpaired) electrons. The fourth-order valence-corrected chi connectivity index (χ4v) is 9.84. The van der Waals surface area contributed by atoms with Crippen LogP contribution in [0.2, 0.25) is 0 Å². The van der Waals surface area contributed by atoms with Gasteiger partial charge in [-0.1, -0.05) is 287 Å². The molecule has 3 N–H and O–H groups in total. The van der Waals surface area contributed by atoms with E-state index in [1.165, 1.54) is 263 Å². The summed E-state index contributed by atoms with van der Waals surface area (Å²) in [6.07, 6.45) is 80.3. The average molecular weight is 1020 g/mol. The van der Waals surface area contributed by atoms with Crippen molar-refractivity contribution >= 4 is 11.9 Å². The van der Waals surface area contributed by atoms with Gasteiger partial charge in [-0.3, -0.25) is 9.59 Å². The number of nitrogens with one attached hydrogen (secondary N) is 1. The molecule has 0 aliphatic carbocycles. The van der Waals surface area contributed by atoms with E-state index in [2.05, 4.69) is 55.6 Å². The normalized spacial score (nSPS) is 12.9. The molecule has 6 heteroatoms. The van der Waals surface area contributed by atoms with Crippen LogP contribution >= 0.6 is 0 Å². The first-order valence-corrected chi connectivity index (χ1v) is 32.4. The standard InChI is InChI=1S/C67H125NO5/c1-3-5-7-9-11-13-15-16-17-18-31-34-37-41-45-49-53-57-61-67(72)73-62-58-54-50-46-42-38-35-32-29-27-25-23-21-19-20-22-24-26-28-30-33-36-40-44-48-52-56-60-66(71)68-64(63-69)65(70)59-55-51-47-43-39-14-12-10-8-6-4-2/h17-20,23,25,55,59,64-65,69-70H,3-16,21-22,24,26-54,56-58,60-63H2,1-2H3,(H,68,71)/b18-17-,20-19-,25-23-,59-55+. The summed E-state index contributed by atoms with van der Waals surface area (Å²) in [5, 5.41) is 23.0. The second-order valence-corrected chi connectivity index (χ2v) is 22.1. The fourth-order valence-electron chi connectivity index (χ4n) is 9.84. The molecule has 0 aromatic carbocycles. The highest BCUT2D eigenvalue weighted by Crippen LogP contribution is 2.17. The van der Waals surface area contributed by atoms with E-state index in [0.717, 1.165) is 51.4 Å². The van der Waals surface area contributed by atoms with E-state index in [4.69, 9.17) is 4.74 Å². The summed E-state index contributed by atoms with van der Waals surface area (Å²) in [6.45, 7) is 4.89. The first-order chi connectivity index (χ1) is 36.0. The zero-order valence-corrected chi connectivity index (χ0v) is 48.9. The fraction of sp³-hybridized carbons (Fsp3) is 0.851. The maximum atomic E-state index is 12.4. The third-order valence-electron chi connectivity index (χ3n) is 14.8. The maximum Gasteiger partial charge on any atom is 0.305 e. The van der Waals surface area contributed by atoms with Crippen molar-refractivity contribution < 1.29 is 24.5 Å². The van der Waals surface area contributed by atoms with Gasteiger partial charge < -0.3 is 20.3 Å². The van der Waals surface area contributed by atoms with Crippen molar-refractivity contribution in [2.75, 3.05) is 13.2 Å². The topological polar surface area (TPSA) is 95.9 Å². The van der Waals surface area contributed by atoms with E-state index in [9.17, 15) is 19.8 Å². The van der Waals surface area contributed by atoms with Crippen LogP contribution in [0, 0.1) is 0 Å². The highest BCUT2D eigenvalue weighted by molar-refractivity contribution is 5.76. The molecule has 2 unspecified atom stereocenters. The number of hydrogen-bond acceptors (Lipinski definition) is 5. The molecule has 0 fully saturated rings. The van der Waals surface area contributed by atoms with Crippen molar-refractivity contribution in [3.63, 3.8) is 0 Å². The second kappa shape index (κ2) is 62.4. The van der Waals surface area contributed by atoms with Gasteiger partial charge in [0.25, 0.3) is 0 Å². The summed E-state index contributed by atoms with van der Waals surface area (Å²) < 4.78 is 5.49. The van der Waals surface area contributed by atoms with E-state index in [-0.39, 0.29) is 18.5 Å². The zero-order valence-electron chi connectivity index (χ0n) is 48.9. The largest absolute Gasteiger partial charge is 0.466 e. The summed E-state index contributed by atoms with van der Waals surface area (Å²) in [5.41, 5.74) is 0. The number of carbonyl (C=O) groups is 2. The van der Waals surface area contributed by atoms with Gasteiger partial charge in [-0.05, 0) is 89.9 Å². The van der Waals surface area contributed by atoms with Crippen molar-refractivity contribution in [3.8, 4) is 0 Å². The smallest absolute Gasteiger partial charge is 0.305 e. The van der Waals surface area contributed by atoms with E-state index in [1.807, 2.05) is 6.08 Å². The second-order valence-electron chi connectivity index (χ2n) is 22.1. The Morgan fingerprint density at radius 3 is 1.05 bits per heavy atom. The SMILES string of the molecule is CCCCCCCCC/C=C\CCCCCCCCCC(=O)OCCCCCCCCCCC/C=C\C/C=C\CCCCCCCCCCCCCC(=O)NC(CO)C(O)/C=C/CCCCCCCCCCC. The van der Waals surface area contributed by atoms with Gasteiger partial charge in [-0.15, -0.1) is 0 Å². The van der Waals surface area contributed by atoms with Crippen molar-refractivity contribution in [1.82, 2.24) is 5.32 Å². The summed E-state index contributed by atoms with van der Waals surface area (Å²) in [4.78, 5) is 24.5. The van der Waals surface area contributed by atoms with Crippen LogP contribution in [0.3, 0.4) is 0 Å². The Kier molecular flexibility index (Phi) is 60.5. The van der Waals surface area contributed by atoms with Crippen LogP contribution in [-0.4, -0.2) is 47.4 Å². The highest BCUT2D eigenvalue weighted by atomic mass is 16.5. The lowest BCUT2D eigenvalue weighted by molar-refractivity contribution is -0.143. The molecule has 0 saturated carbocycles. The third-order valence-corrected chi connectivity index (χ3v) is 14.8. The lowest BCUT2D eigenvalue weighted by Crippen LogP contribution is -2.45. The molecule has 0 aliphatic rings. The van der Waals surface area contributed by atoms with Crippen molar-refractivity contribution in [2.24, 2.45) is 0 Å². The first kappa shape index (κ1) is 70.8. The monoisotopic (exact) mass is 1020 g/mol. The first-order valence-electron chi connectivity index (χ1n) is 32.4. The summed E-state index contributed by atoms with van der Waals surface area (Å²) in [5.74, 6) is -0.0652. The van der Waals surface area contributed by atoms with Gasteiger partial charge in [-0.2, -0.15) is 0 Å². The van der Waals surface area contributed by atoms with Crippen LogP contribution in [0.25, 0.3) is 0 Å². The molecular formula is C67H125NO5. The molecule has 0 rings (SSSR count). The van der Waals surface area contributed by atoms with Gasteiger partial charge in [0.05, 0.1) is 25.4 Å². The van der Waals surface area contributed by atoms with Gasteiger partial charge >= 0.3 is 5.97 Å². The molecule has 1 amide bonds. The number of esters is 1. The Hall–Kier alpha value is -2.18. The summed E-state index contributed by atoms with van der Waals surface area (Å²) in [7, 11) is 0. The number of aliphatic hydroxyl groups excluding tert-OH is 2.